The van der Waals surface area contributed by atoms with Gasteiger partial charge in [0, 0.05) is 17.3 Å². The van der Waals surface area contributed by atoms with E-state index in [4.69, 9.17) is 5.11 Å². The van der Waals surface area contributed by atoms with Crippen molar-refractivity contribution in [1.82, 2.24) is 0 Å². The van der Waals surface area contributed by atoms with E-state index >= 15 is 0 Å². The van der Waals surface area contributed by atoms with Crippen LogP contribution < -0.4 is 5.32 Å². The normalized spacial score (nSPS) is 15.7. The van der Waals surface area contributed by atoms with Crippen molar-refractivity contribution >= 4 is 33.5 Å². The molecule has 1 unspecified atom stereocenters. The summed E-state index contributed by atoms with van der Waals surface area (Å²) >= 11 is 3.40. The molecule has 2 rings (SSSR count). The van der Waals surface area contributed by atoms with Crippen molar-refractivity contribution in [3.8, 4) is 5.75 Å². The fraction of sp³-hybridized carbons (Fsp3) is 0.429. The maximum Gasteiger partial charge on any atom is 0.303 e. The number of carboxylic acid groups (broad SMARTS) is 1. The molecule has 0 radical (unpaired) electrons. The summed E-state index contributed by atoms with van der Waals surface area (Å²) in [5, 5.41) is 21.7. The highest BCUT2D eigenvalue weighted by Crippen LogP contribution is 2.50. The van der Waals surface area contributed by atoms with Gasteiger partial charge in [0.15, 0.2) is 0 Å². The van der Waals surface area contributed by atoms with E-state index in [0.29, 0.717) is 15.7 Å². The third-order valence-electron chi connectivity index (χ3n) is 3.43. The van der Waals surface area contributed by atoms with E-state index in [1.807, 2.05) is 0 Å². The first kappa shape index (κ1) is 14.8. The van der Waals surface area contributed by atoms with Crippen LogP contribution in [0.1, 0.15) is 37.7 Å². The van der Waals surface area contributed by atoms with E-state index in [0.717, 1.165) is 12.8 Å². The molecule has 1 amide bonds. The zero-order chi connectivity index (χ0) is 14.9. The number of rotatable bonds is 5. The molecule has 0 aromatic heterocycles. The van der Waals surface area contributed by atoms with Crippen molar-refractivity contribution in [2.24, 2.45) is 5.92 Å². The average Bonchev–Trinajstić information content (AvgIpc) is 3.15. The second-order valence-electron chi connectivity index (χ2n) is 5.08. The Morgan fingerprint density at radius 2 is 2.10 bits per heavy atom. The molecule has 0 spiro atoms. The number of hydrogen-bond donors (Lipinski definition) is 3. The zero-order valence-corrected chi connectivity index (χ0v) is 12.6. The van der Waals surface area contributed by atoms with E-state index in [-0.39, 0.29) is 29.9 Å². The smallest absolute Gasteiger partial charge is 0.303 e. The van der Waals surface area contributed by atoms with Gasteiger partial charge in [0.25, 0.3) is 0 Å². The number of hydrogen-bond acceptors (Lipinski definition) is 3. The molecule has 1 atom stereocenters. The Hall–Kier alpha value is -1.56. The van der Waals surface area contributed by atoms with Gasteiger partial charge in [-0.15, -0.1) is 0 Å². The second kappa shape index (κ2) is 5.83. The van der Waals surface area contributed by atoms with Crippen molar-refractivity contribution in [2.45, 2.75) is 32.1 Å². The van der Waals surface area contributed by atoms with Crippen LogP contribution in [-0.4, -0.2) is 22.1 Å². The van der Waals surface area contributed by atoms with Crippen molar-refractivity contribution in [1.29, 1.82) is 0 Å². The number of benzene rings is 1. The molecule has 5 nitrogen and oxygen atoms in total. The maximum absolute atomic E-state index is 11.3. The Labute approximate surface area is 125 Å². The number of phenols is 1. The number of nitrogens with one attached hydrogen (secondary N) is 1. The van der Waals surface area contributed by atoms with E-state index in [1.165, 1.54) is 13.0 Å². The van der Waals surface area contributed by atoms with Gasteiger partial charge in [0.2, 0.25) is 5.91 Å². The van der Waals surface area contributed by atoms with Gasteiger partial charge < -0.3 is 15.5 Å². The highest BCUT2D eigenvalue weighted by molar-refractivity contribution is 9.10. The summed E-state index contributed by atoms with van der Waals surface area (Å²) in [6.45, 7) is 1.35. The first-order valence-corrected chi connectivity index (χ1v) is 7.20. The van der Waals surface area contributed by atoms with Gasteiger partial charge in [0.05, 0.1) is 12.1 Å². The third-order valence-corrected chi connectivity index (χ3v) is 4.12. The molecule has 0 bridgehead atoms. The van der Waals surface area contributed by atoms with Crippen LogP contribution in [0.4, 0.5) is 5.69 Å². The van der Waals surface area contributed by atoms with Gasteiger partial charge in [-0.25, -0.2) is 0 Å². The minimum absolute atomic E-state index is 0.0146. The van der Waals surface area contributed by atoms with Crippen LogP contribution in [0.15, 0.2) is 16.6 Å². The number of phenolic OH excluding ortho intramolecular Hbond substituents is 1. The SMILES string of the molecule is CC(=O)Nc1c(O)ccc(Br)c1C(CC(=O)O)C1CC1. The lowest BCUT2D eigenvalue weighted by molar-refractivity contribution is -0.137. The molecule has 1 saturated carbocycles. The standard InChI is InChI=1S/C14H16BrNO4/c1-7(17)16-14-11(18)5-4-10(15)13(14)9(6-12(19)20)8-2-3-8/h4-5,8-9,18H,2-3,6H2,1H3,(H,16,17)(H,19,20). The fourth-order valence-electron chi connectivity index (χ4n) is 2.44. The number of halogens is 1. The second-order valence-corrected chi connectivity index (χ2v) is 5.93. The molecule has 108 valence electrons. The molecule has 0 heterocycles. The van der Waals surface area contributed by atoms with Gasteiger partial charge >= 0.3 is 5.97 Å². The Bertz CT molecular complexity index is 554. The van der Waals surface area contributed by atoms with Gasteiger partial charge in [-0.05, 0) is 36.5 Å². The van der Waals surface area contributed by atoms with Gasteiger partial charge in [-0.3, -0.25) is 9.59 Å². The fourth-order valence-corrected chi connectivity index (χ4v) is 3.07. The Balaban J connectivity index is 2.48. The van der Waals surface area contributed by atoms with E-state index < -0.39 is 5.97 Å². The van der Waals surface area contributed by atoms with E-state index in [2.05, 4.69) is 21.2 Å². The molecule has 0 aliphatic heterocycles. The molecule has 3 N–H and O–H groups in total. The van der Waals surface area contributed by atoms with Crippen LogP contribution in [-0.2, 0) is 9.59 Å². The predicted molar refractivity (Wildman–Crippen MR) is 77.8 cm³/mol. The molecular weight excluding hydrogens is 326 g/mol. The summed E-state index contributed by atoms with van der Waals surface area (Å²) in [5.41, 5.74) is 0.982. The topological polar surface area (TPSA) is 86.6 Å². The zero-order valence-electron chi connectivity index (χ0n) is 11.0. The largest absolute Gasteiger partial charge is 0.506 e. The van der Waals surface area contributed by atoms with Gasteiger partial charge in [-0.1, -0.05) is 15.9 Å². The van der Waals surface area contributed by atoms with Gasteiger partial charge in [0.1, 0.15) is 5.75 Å². The summed E-state index contributed by atoms with van der Waals surface area (Å²) in [7, 11) is 0. The van der Waals surface area contributed by atoms with Gasteiger partial charge in [-0.2, -0.15) is 0 Å². The number of aliphatic carboxylic acids is 1. The summed E-state index contributed by atoms with van der Waals surface area (Å²) in [5.74, 6) is -1.16. The first-order chi connectivity index (χ1) is 9.40. The number of carboxylic acids is 1. The number of amides is 1. The summed E-state index contributed by atoms with van der Waals surface area (Å²) in [4.78, 5) is 22.4. The Morgan fingerprint density at radius 1 is 1.45 bits per heavy atom. The number of anilines is 1. The third kappa shape index (κ3) is 3.30. The molecule has 1 aromatic rings. The summed E-state index contributed by atoms with van der Waals surface area (Å²) in [6.07, 6.45) is 1.93. The van der Waals surface area contributed by atoms with Crippen molar-refractivity contribution < 1.29 is 19.8 Å². The Morgan fingerprint density at radius 3 is 2.60 bits per heavy atom. The minimum atomic E-state index is -0.883. The predicted octanol–water partition coefficient (Wildman–Crippen LogP) is 3.08. The number of carbonyl (C=O) groups excluding carboxylic acids is 1. The Kier molecular flexibility index (Phi) is 4.32. The van der Waals surface area contributed by atoms with Crippen molar-refractivity contribution in [2.75, 3.05) is 5.32 Å². The molecule has 1 aromatic carbocycles. The quantitative estimate of drug-likeness (QED) is 0.718. The lowest BCUT2D eigenvalue weighted by atomic mass is 9.89. The van der Waals surface area contributed by atoms with Crippen LogP contribution >= 0.6 is 15.9 Å². The molecule has 6 heteroatoms. The first-order valence-electron chi connectivity index (χ1n) is 6.41. The highest BCUT2D eigenvalue weighted by Gasteiger charge is 2.36. The van der Waals surface area contributed by atoms with Crippen LogP contribution in [0.5, 0.6) is 5.75 Å². The number of carbonyl (C=O) groups is 2. The molecule has 1 fully saturated rings. The molecule has 0 saturated heterocycles. The summed E-state index contributed by atoms with van der Waals surface area (Å²) in [6, 6.07) is 3.15. The van der Waals surface area contributed by atoms with E-state index in [9.17, 15) is 14.7 Å². The molecule has 20 heavy (non-hydrogen) atoms. The van der Waals surface area contributed by atoms with Crippen LogP contribution in [0.25, 0.3) is 0 Å². The summed E-state index contributed by atoms with van der Waals surface area (Å²) < 4.78 is 0.706. The number of aromatic hydroxyl groups is 1. The molecule has 1 aliphatic carbocycles. The highest BCUT2D eigenvalue weighted by atomic mass is 79.9. The average molecular weight is 342 g/mol. The maximum atomic E-state index is 11.3. The lowest BCUT2D eigenvalue weighted by Crippen LogP contribution is -2.14. The van der Waals surface area contributed by atoms with Crippen LogP contribution in [0, 0.1) is 5.92 Å². The van der Waals surface area contributed by atoms with Crippen LogP contribution in [0.3, 0.4) is 0 Å². The monoisotopic (exact) mass is 341 g/mol. The molecular formula is C14H16BrNO4. The minimum Gasteiger partial charge on any atom is -0.506 e. The van der Waals surface area contributed by atoms with Crippen LogP contribution in [0.2, 0.25) is 0 Å². The van der Waals surface area contributed by atoms with E-state index in [1.54, 1.807) is 6.07 Å². The van der Waals surface area contributed by atoms with Crippen molar-refractivity contribution in [3.63, 3.8) is 0 Å². The molecule has 1 aliphatic rings. The lowest BCUT2D eigenvalue weighted by Gasteiger charge is -2.21. The van der Waals surface area contributed by atoms with Crippen molar-refractivity contribution in [3.05, 3.63) is 22.2 Å².